The number of ether oxygens (including phenoxy) is 3. The minimum absolute atomic E-state index is 0.163. The van der Waals surface area contributed by atoms with E-state index in [0.717, 1.165) is 6.07 Å². The van der Waals surface area contributed by atoms with E-state index in [1.807, 2.05) is 0 Å². The zero-order valence-corrected chi connectivity index (χ0v) is 10.7. The third-order valence-electron chi connectivity index (χ3n) is 2.77. The molecule has 7 heteroatoms. The van der Waals surface area contributed by atoms with E-state index in [0.29, 0.717) is 0 Å². The van der Waals surface area contributed by atoms with Crippen LogP contribution in [0.3, 0.4) is 0 Å². The molecular weight excluding hydrogens is 277 g/mol. The lowest BCUT2D eigenvalue weighted by atomic mass is 10.0. The summed E-state index contributed by atoms with van der Waals surface area (Å²) < 4.78 is 56.3. The van der Waals surface area contributed by atoms with Crippen molar-refractivity contribution in [3.05, 3.63) is 35.1 Å². The Bertz CT molecular complexity index is 498. The lowest BCUT2D eigenvalue weighted by Gasteiger charge is -2.18. The third-order valence-corrected chi connectivity index (χ3v) is 2.77. The summed E-state index contributed by atoms with van der Waals surface area (Å²) in [4.78, 5) is 11.2. The summed E-state index contributed by atoms with van der Waals surface area (Å²) in [6, 6.07) is 3.33. The number of carbonyl (C=O) groups excluding carboxylic acids is 1. The van der Waals surface area contributed by atoms with Gasteiger partial charge in [-0.25, -0.2) is 9.18 Å². The minimum atomic E-state index is -4.06. The molecule has 0 N–H and O–H groups in total. The Labute approximate surface area is 113 Å². The zero-order chi connectivity index (χ0) is 14.8. The van der Waals surface area contributed by atoms with E-state index in [2.05, 4.69) is 4.74 Å². The molecule has 1 saturated heterocycles. The average Bonchev–Trinajstić information content (AvgIpc) is 2.92. The first-order valence-electron chi connectivity index (χ1n) is 6.05. The normalized spacial score (nSPS) is 16.4. The molecule has 1 aromatic rings. The van der Waals surface area contributed by atoms with Crippen molar-refractivity contribution >= 4 is 5.97 Å². The SMILES string of the molecule is CCOC(=O)C(F)(F)c1cccc(C2OCCO2)c1F. The van der Waals surface area contributed by atoms with Gasteiger partial charge in [0, 0.05) is 5.56 Å². The lowest BCUT2D eigenvalue weighted by molar-refractivity contribution is -0.173. The summed E-state index contributed by atoms with van der Waals surface area (Å²) in [5.41, 5.74) is -1.21. The topological polar surface area (TPSA) is 44.8 Å². The van der Waals surface area contributed by atoms with Gasteiger partial charge in [0.1, 0.15) is 5.82 Å². The van der Waals surface area contributed by atoms with Gasteiger partial charge in [-0.15, -0.1) is 0 Å². The van der Waals surface area contributed by atoms with Crippen molar-refractivity contribution in [2.45, 2.75) is 19.1 Å². The molecule has 0 atom stereocenters. The van der Waals surface area contributed by atoms with Crippen LogP contribution in [0.1, 0.15) is 24.3 Å². The van der Waals surface area contributed by atoms with E-state index in [4.69, 9.17) is 9.47 Å². The molecule has 1 aliphatic rings. The van der Waals surface area contributed by atoms with Gasteiger partial charge in [-0.3, -0.25) is 0 Å². The number of benzene rings is 1. The van der Waals surface area contributed by atoms with Gasteiger partial charge in [0.25, 0.3) is 0 Å². The predicted octanol–water partition coefficient (Wildman–Crippen LogP) is 2.53. The second kappa shape index (κ2) is 5.80. The van der Waals surface area contributed by atoms with Gasteiger partial charge >= 0.3 is 11.9 Å². The van der Waals surface area contributed by atoms with Crippen molar-refractivity contribution < 1.29 is 32.2 Å². The second-order valence-electron chi connectivity index (χ2n) is 4.08. The lowest BCUT2D eigenvalue weighted by Crippen LogP contribution is -2.30. The largest absolute Gasteiger partial charge is 0.461 e. The number of hydrogen-bond donors (Lipinski definition) is 0. The number of esters is 1. The van der Waals surface area contributed by atoms with Crippen LogP contribution < -0.4 is 0 Å². The van der Waals surface area contributed by atoms with Crippen molar-refractivity contribution in [2.75, 3.05) is 19.8 Å². The van der Waals surface area contributed by atoms with E-state index < -0.39 is 29.6 Å². The van der Waals surface area contributed by atoms with Crippen LogP contribution in [0.2, 0.25) is 0 Å². The molecular formula is C13H13F3O4. The summed E-state index contributed by atoms with van der Waals surface area (Å²) in [5, 5.41) is 0. The Balaban J connectivity index is 2.37. The highest BCUT2D eigenvalue weighted by atomic mass is 19.3. The molecule has 1 fully saturated rings. The monoisotopic (exact) mass is 290 g/mol. The molecule has 0 amide bonds. The van der Waals surface area contributed by atoms with Crippen LogP contribution in [0.15, 0.2) is 18.2 Å². The predicted molar refractivity (Wildman–Crippen MR) is 61.6 cm³/mol. The maximum Gasteiger partial charge on any atom is 0.382 e. The minimum Gasteiger partial charge on any atom is -0.461 e. The van der Waals surface area contributed by atoms with E-state index >= 15 is 0 Å². The highest BCUT2D eigenvalue weighted by Crippen LogP contribution is 2.35. The fourth-order valence-electron chi connectivity index (χ4n) is 1.84. The van der Waals surface area contributed by atoms with Crippen LogP contribution >= 0.6 is 0 Å². The summed E-state index contributed by atoms with van der Waals surface area (Å²) in [6.45, 7) is 1.68. The fraction of sp³-hybridized carbons (Fsp3) is 0.462. The molecule has 0 bridgehead atoms. The molecule has 20 heavy (non-hydrogen) atoms. The number of halogens is 3. The van der Waals surface area contributed by atoms with Gasteiger partial charge < -0.3 is 14.2 Å². The van der Waals surface area contributed by atoms with Crippen molar-refractivity contribution in [3.63, 3.8) is 0 Å². The molecule has 0 aliphatic carbocycles. The molecule has 2 rings (SSSR count). The number of hydrogen-bond acceptors (Lipinski definition) is 4. The quantitative estimate of drug-likeness (QED) is 0.799. The highest BCUT2D eigenvalue weighted by Gasteiger charge is 2.45. The van der Waals surface area contributed by atoms with E-state index in [9.17, 15) is 18.0 Å². The zero-order valence-electron chi connectivity index (χ0n) is 10.7. The first-order valence-corrected chi connectivity index (χ1v) is 6.05. The smallest absolute Gasteiger partial charge is 0.382 e. The summed E-state index contributed by atoms with van der Waals surface area (Å²) in [7, 11) is 0. The van der Waals surface area contributed by atoms with Gasteiger partial charge in [-0.1, -0.05) is 12.1 Å². The van der Waals surface area contributed by atoms with Crippen molar-refractivity contribution in [3.8, 4) is 0 Å². The van der Waals surface area contributed by atoms with Gasteiger partial charge in [0.2, 0.25) is 0 Å². The standard InChI is InChI=1S/C13H13F3O4/c1-2-18-12(17)13(15,16)9-5-3-4-8(10(9)14)11-19-6-7-20-11/h3-5,11H,2,6-7H2,1H3. The first kappa shape index (κ1) is 14.8. The summed E-state index contributed by atoms with van der Waals surface area (Å²) >= 11 is 0. The molecule has 0 spiro atoms. The van der Waals surface area contributed by atoms with Crippen molar-refractivity contribution in [1.82, 2.24) is 0 Å². The molecule has 110 valence electrons. The molecule has 1 heterocycles. The molecule has 4 nitrogen and oxygen atoms in total. The third kappa shape index (κ3) is 2.64. The van der Waals surface area contributed by atoms with Gasteiger partial charge in [0.05, 0.1) is 25.4 Å². The number of rotatable bonds is 4. The molecule has 1 aromatic carbocycles. The Morgan fingerprint density at radius 2 is 2.05 bits per heavy atom. The highest BCUT2D eigenvalue weighted by molar-refractivity contribution is 5.79. The van der Waals surface area contributed by atoms with Gasteiger partial charge in [-0.2, -0.15) is 8.78 Å². The van der Waals surface area contributed by atoms with Crippen LogP contribution in [0.25, 0.3) is 0 Å². The summed E-state index contributed by atoms with van der Waals surface area (Å²) in [5.74, 6) is -7.07. The summed E-state index contributed by atoms with van der Waals surface area (Å²) in [6.07, 6.45) is -1.03. The second-order valence-corrected chi connectivity index (χ2v) is 4.08. The molecule has 0 radical (unpaired) electrons. The van der Waals surface area contributed by atoms with Crippen molar-refractivity contribution in [1.29, 1.82) is 0 Å². The van der Waals surface area contributed by atoms with E-state index in [1.165, 1.54) is 19.1 Å². The Kier molecular flexibility index (Phi) is 4.29. The maximum absolute atomic E-state index is 14.2. The average molecular weight is 290 g/mol. The van der Waals surface area contributed by atoms with Crippen LogP contribution in [0.4, 0.5) is 13.2 Å². The number of carbonyl (C=O) groups is 1. The van der Waals surface area contributed by atoms with Crippen molar-refractivity contribution in [2.24, 2.45) is 0 Å². The van der Waals surface area contributed by atoms with E-state index in [1.54, 1.807) is 0 Å². The Morgan fingerprint density at radius 3 is 2.65 bits per heavy atom. The Hall–Kier alpha value is -1.60. The molecule has 1 aliphatic heterocycles. The van der Waals surface area contributed by atoms with E-state index in [-0.39, 0.29) is 25.4 Å². The van der Waals surface area contributed by atoms with Crippen LogP contribution in [0.5, 0.6) is 0 Å². The number of alkyl halides is 2. The molecule has 0 aromatic heterocycles. The first-order chi connectivity index (χ1) is 9.48. The van der Waals surface area contributed by atoms with Crippen LogP contribution in [-0.4, -0.2) is 25.8 Å². The van der Waals surface area contributed by atoms with Crippen LogP contribution in [0, 0.1) is 5.82 Å². The molecule has 0 saturated carbocycles. The van der Waals surface area contributed by atoms with Gasteiger partial charge in [0.15, 0.2) is 6.29 Å². The van der Waals surface area contributed by atoms with Gasteiger partial charge in [-0.05, 0) is 13.0 Å². The molecule has 0 unspecified atom stereocenters. The maximum atomic E-state index is 14.2. The fourth-order valence-corrected chi connectivity index (χ4v) is 1.84. The van der Waals surface area contributed by atoms with Crippen LogP contribution in [-0.2, 0) is 24.9 Å². The Morgan fingerprint density at radius 1 is 1.40 bits per heavy atom.